The van der Waals surface area contributed by atoms with Gasteiger partial charge in [-0.2, -0.15) is 0 Å². The fourth-order valence-corrected chi connectivity index (χ4v) is 3.96. The van der Waals surface area contributed by atoms with Gasteiger partial charge in [0.2, 0.25) is 5.91 Å². The lowest BCUT2D eigenvalue weighted by Crippen LogP contribution is -2.47. The van der Waals surface area contributed by atoms with Crippen LogP contribution in [0.4, 0.5) is 10.6 Å². The molecule has 2 fully saturated rings. The maximum Gasteiger partial charge on any atom is 0.410 e. The number of morpholine rings is 1. The zero-order valence-electron chi connectivity index (χ0n) is 18.7. The first-order valence-corrected chi connectivity index (χ1v) is 10.7. The van der Waals surface area contributed by atoms with Gasteiger partial charge in [-0.25, -0.2) is 9.78 Å². The Hall–Kier alpha value is -2.35. The van der Waals surface area contributed by atoms with Crippen LogP contribution >= 0.6 is 0 Å². The lowest BCUT2D eigenvalue weighted by Gasteiger charge is -2.36. The Kier molecular flexibility index (Phi) is 6.85. The van der Waals surface area contributed by atoms with Crippen molar-refractivity contribution in [1.82, 2.24) is 15.2 Å². The summed E-state index contributed by atoms with van der Waals surface area (Å²) in [5.74, 6) is 0.761. The van der Waals surface area contributed by atoms with E-state index < -0.39 is 17.7 Å². The molecule has 1 aromatic rings. The minimum atomic E-state index is -0.579. The van der Waals surface area contributed by atoms with Gasteiger partial charge in [0, 0.05) is 32.4 Å². The van der Waals surface area contributed by atoms with Crippen LogP contribution in [0.15, 0.2) is 18.3 Å². The molecule has 8 nitrogen and oxygen atoms in total. The summed E-state index contributed by atoms with van der Waals surface area (Å²) in [5, 5.41) is 2.94. The van der Waals surface area contributed by atoms with E-state index in [4.69, 9.17) is 9.47 Å². The number of likely N-dealkylation sites (tertiary alicyclic amines) is 1. The van der Waals surface area contributed by atoms with Crippen molar-refractivity contribution < 1.29 is 19.1 Å². The number of anilines is 1. The third-order valence-electron chi connectivity index (χ3n) is 5.20. The number of pyridine rings is 1. The van der Waals surface area contributed by atoms with Crippen LogP contribution in [0.5, 0.6) is 0 Å². The van der Waals surface area contributed by atoms with Crippen LogP contribution in [0.3, 0.4) is 0 Å². The largest absolute Gasteiger partial charge is 0.444 e. The second-order valence-electron chi connectivity index (χ2n) is 9.24. The van der Waals surface area contributed by atoms with Gasteiger partial charge in [0.05, 0.1) is 12.2 Å². The van der Waals surface area contributed by atoms with Crippen LogP contribution in [-0.4, -0.2) is 65.4 Å². The molecule has 0 bridgehead atoms. The molecule has 3 unspecified atom stereocenters. The Labute approximate surface area is 178 Å². The molecule has 2 aliphatic rings. The van der Waals surface area contributed by atoms with E-state index in [9.17, 15) is 9.59 Å². The standard InChI is InChI=1S/C22H34N4O4/c1-15-13-25(14-16(2)29-15)19-9-8-17(11-23-19)12-24-20(27)18-7-6-10-26(18)21(28)30-22(3,4)5/h8-9,11,15-16,18H,6-7,10,12-14H2,1-5H3,(H,24,27). The minimum absolute atomic E-state index is 0.154. The van der Waals surface area contributed by atoms with E-state index in [1.165, 1.54) is 4.90 Å². The van der Waals surface area contributed by atoms with Gasteiger partial charge in [0.25, 0.3) is 0 Å². The molecule has 0 aliphatic carbocycles. The molecule has 1 aromatic heterocycles. The first kappa shape index (κ1) is 22.3. The van der Waals surface area contributed by atoms with Gasteiger partial charge >= 0.3 is 6.09 Å². The zero-order chi connectivity index (χ0) is 21.9. The highest BCUT2D eigenvalue weighted by Crippen LogP contribution is 2.22. The second kappa shape index (κ2) is 9.20. The van der Waals surface area contributed by atoms with E-state index in [0.717, 1.165) is 30.9 Å². The number of carbonyl (C=O) groups excluding carboxylic acids is 2. The molecule has 1 N–H and O–H groups in total. The Morgan fingerprint density at radius 2 is 1.93 bits per heavy atom. The molecule has 3 rings (SSSR count). The number of ether oxygens (including phenoxy) is 2. The number of hydrogen-bond acceptors (Lipinski definition) is 6. The summed E-state index contributed by atoms with van der Waals surface area (Å²) in [6, 6.07) is 3.48. The average molecular weight is 419 g/mol. The lowest BCUT2D eigenvalue weighted by atomic mass is 10.2. The van der Waals surface area contributed by atoms with Crippen molar-refractivity contribution in [2.24, 2.45) is 0 Å². The Balaban J connectivity index is 1.53. The predicted octanol–water partition coefficient (Wildman–Crippen LogP) is 2.71. The first-order valence-electron chi connectivity index (χ1n) is 10.7. The summed E-state index contributed by atoms with van der Waals surface area (Å²) in [5.41, 5.74) is 0.341. The number of hydrogen-bond donors (Lipinski definition) is 1. The second-order valence-corrected chi connectivity index (χ2v) is 9.24. The van der Waals surface area contributed by atoms with E-state index in [1.54, 1.807) is 6.20 Å². The molecular weight excluding hydrogens is 384 g/mol. The average Bonchev–Trinajstić information content (AvgIpc) is 3.14. The summed E-state index contributed by atoms with van der Waals surface area (Å²) in [4.78, 5) is 33.4. The molecule has 0 aromatic carbocycles. The van der Waals surface area contributed by atoms with Crippen molar-refractivity contribution in [3.05, 3.63) is 23.9 Å². The summed E-state index contributed by atoms with van der Waals surface area (Å²) in [7, 11) is 0. The Morgan fingerprint density at radius 3 is 2.53 bits per heavy atom. The zero-order valence-corrected chi connectivity index (χ0v) is 18.7. The SMILES string of the molecule is CC1CN(c2ccc(CNC(=O)C3CCCN3C(=O)OC(C)(C)C)cn2)CC(C)O1. The molecule has 0 spiro atoms. The normalized spacial score (nSPS) is 24.6. The van der Waals surface area contributed by atoms with Crippen molar-refractivity contribution in [3.8, 4) is 0 Å². The molecule has 30 heavy (non-hydrogen) atoms. The maximum atomic E-state index is 12.7. The lowest BCUT2D eigenvalue weighted by molar-refractivity contribution is -0.125. The number of aromatic nitrogens is 1. The van der Waals surface area contributed by atoms with Gasteiger partial charge in [0.1, 0.15) is 17.5 Å². The quantitative estimate of drug-likeness (QED) is 0.809. The first-order chi connectivity index (χ1) is 14.1. The highest BCUT2D eigenvalue weighted by atomic mass is 16.6. The van der Waals surface area contributed by atoms with Crippen LogP contribution in [0.25, 0.3) is 0 Å². The van der Waals surface area contributed by atoms with Crippen molar-refractivity contribution in [1.29, 1.82) is 0 Å². The highest BCUT2D eigenvalue weighted by Gasteiger charge is 2.36. The predicted molar refractivity (Wildman–Crippen MR) is 114 cm³/mol. The van der Waals surface area contributed by atoms with Gasteiger partial charge in [0.15, 0.2) is 0 Å². The molecule has 2 amide bonds. The molecule has 0 radical (unpaired) electrons. The van der Waals surface area contributed by atoms with Crippen molar-refractivity contribution >= 4 is 17.8 Å². The number of carbonyl (C=O) groups is 2. The minimum Gasteiger partial charge on any atom is -0.444 e. The van der Waals surface area contributed by atoms with Gasteiger partial charge in [-0.15, -0.1) is 0 Å². The number of nitrogens with one attached hydrogen (secondary N) is 1. The monoisotopic (exact) mass is 418 g/mol. The summed E-state index contributed by atoms with van der Waals surface area (Å²) in [6.07, 6.45) is 3.16. The fraction of sp³-hybridized carbons (Fsp3) is 0.682. The number of nitrogens with zero attached hydrogens (tertiary/aromatic N) is 3. The Bertz CT molecular complexity index is 736. The molecule has 3 atom stereocenters. The maximum absolute atomic E-state index is 12.7. The van der Waals surface area contributed by atoms with Crippen LogP contribution in [0, 0.1) is 0 Å². The smallest absolute Gasteiger partial charge is 0.410 e. The van der Waals surface area contributed by atoms with Gasteiger partial charge in [-0.1, -0.05) is 6.07 Å². The van der Waals surface area contributed by atoms with E-state index in [1.807, 2.05) is 32.9 Å². The fourth-order valence-electron chi connectivity index (χ4n) is 3.96. The molecule has 8 heteroatoms. The summed E-state index contributed by atoms with van der Waals surface area (Å²) < 4.78 is 11.2. The van der Waals surface area contributed by atoms with Crippen molar-refractivity contribution in [2.45, 2.75) is 77.9 Å². The van der Waals surface area contributed by atoms with Gasteiger partial charge in [-0.05, 0) is 59.1 Å². The van der Waals surface area contributed by atoms with E-state index in [2.05, 4.69) is 29.0 Å². The number of rotatable bonds is 4. The van der Waals surface area contributed by atoms with E-state index in [-0.39, 0.29) is 18.1 Å². The number of amides is 2. The van der Waals surface area contributed by atoms with Crippen LogP contribution in [0.1, 0.15) is 53.0 Å². The van der Waals surface area contributed by atoms with E-state index >= 15 is 0 Å². The van der Waals surface area contributed by atoms with Crippen LogP contribution < -0.4 is 10.2 Å². The van der Waals surface area contributed by atoms with E-state index in [0.29, 0.717) is 19.5 Å². The topological polar surface area (TPSA) is 84.0 Å². The summed E-state index contributed by atoms with van der Waals surface area (Å²) >= 11 is 0. The summed E-state index contributed by atoms with van der Waals surface area (Å²) in [6.45, 7) is 12.2. The highest BCUT2D eigenvalue weighted by molar-refractivity contribution is 5.86. The van der Waals surface area contributed by atoms with Gasteiger partial charge in [-0.3, -0.25) is 9.69 Å². The van der Waals surface area contributed by atoms with Crippen molar-refractivity contribution in [3.63, 3.8) is 0 Å². The van der Waals surface area contributed by atoms with Gasteiger partial charge < -0.3 is 19.7 Å². The molecule has 166 valence electrons. The molecule has 0 saturated carbocycles. The Morgan fingerprint density at radius 1 is 1.23 bits per heavy atom. The molecule has 3 heterocycles. The molecule has 2 saturated heterocycles. The molecule has 2 aliphatic heterocycles. The van der Waals surface area contributed by atoms with Crippen LogP contribution in [-0.2, 0) is 20.8 Å². The molecular formula is C22H34N4O4. The van der Waals surface area contributed by atoms with Crippen molar-refractivity contribution in [2.75, 3.05) is 24.5 Å². The third kappa shape index (κ3) is 5.84. The van der Waals surface area contributed by atoms with Crippen LogP contribution in [0.2, 0.25) is 0 Å². The third-order valence-corrected chi connectivity index (χ3v) is 5.20.